The molecule has 2 aliphatic rings. The lowest BCUT2D eigenvalue weighted by molar-refractivity contribution is 0.0690. The zero-order valence-corrected chi connectivity index (χ0v) is 16.0. The summed E-state index contributed by atoms with van der Waals surface area (Å²) in [5.74, 6) is 0.0789. The van der Waals surface area contributed by atoms with Crippen LogP contribution in [0.4, 0.5) is 0 Å². The molecule has 1 amide bonds. The number of hydrogen-bond donors (Lipinski definition) is 1. The zero-order chi connectivity index (χ0) is 19.1. The average Bonchev–Trinajstić information content (AvgIpc) is 3.30. The van der Waals surface area contributed by atoms with Gasteiger partial charge >= 0.3 is 0 Å². The fourth-order valence-electron chi connectivity index (χ4n) is 4.63. The summed E-state index contributed by atoms with van der Waals surface area (Å²) >= 11 is 0. The first-order valence-electron chi connectivity index (χ1n) is 9.86. The second-order valence-corrected chi connectivity index (χ2v) is 7.81. The lowest BCUT2D eigenvalue weighted by Crippen LogP contribution is -2.44. The molecule has 4 heteroatoms. The van der Waals surface area contributed by atoms with E-state index in [1.807, 2.05) is 42.2 Å². The number of benzene rings is 2. The van der Waals surface area contributed by atoms with Gasteiger partial charge in [0.1, 0.15) is 5.69 Å². The Hall–Kier alpha value is -3.14. The summed E-state index contributed by atoms with van der Waals surface area (Å²) in [6.07, 6.45) is 6.51. The van der Waals surface area contributed by atoms with Crippen molar-refractivity contribution >= 4 is 12.0 Å². The molecule has 0 radical (unpaired) electrons. The van der Waals surface area contributed by atoms with Crippen LogP contribution in [-0.2, 0) is 5.41 Å². The number of nitrogens with one attached hydrogen (secondary N) is 1. The smallest absolute Gasteiger partial charge is 0.257 e. The number of aromatic nitrogens is 2. The van der Waals surface area contributed by atoms with Crippen molar-refractivity contribution in [1.29, 1.82) is 0 Å². The van der Waals surface area contributed by atoms with E-state index >= 15 is 0 Å². The van der Waals surface area contributed by atoms with Crippen molar-refractivity contribution in [3.05, 3.63) is 83.1 Å². The highest BCUT2D eigenvalue weighted by Gasteiger charge is 2.39. The van der Waals surface area contributed by atoms with Gasteiger partial charge in [0, 0.05) is 29.8 Å². The van der Waals surface area contributed by atoms with E-state index < -0.39 is 0 Å². The standard InChI is InChI=1S/C24H23N3O/c1-17-21(22(26-25-17)19-8-3-2-4-9-19)23(28)27-15-13-24(14-16-27)12-11-18-7-5-6-10-20(18)24/h2-12H,13-16H2,1H3,(H,25,26). The largest absolute Gasteiger partial charge is 0.338 e. The highest BCUT2D eigenvalue weighted by atomic mass is 16.2. The van der Waals surface area contributed by atoms with E-state index in [9.17, 15) is 4.79 Å². The fourth-order valence-corrected chi connectivity index (χ4v) is 4.63. The Balaban J connectivity index is 1.40. The van der Waals surface area contributed by atoms with Crippen LogP contribution in [0.1, 0.15) is 40.0 Å². The van der Waals surface area contributed by atoms with Crippen LogP contribution in [0.25, 0.3) is 17.3 Å². The van der Waals surface area contributed by atoms with Crippen molar-refractivity contribution < 1.29 is 4.79 Å². The summed E-state index contributed by atoms with van der Waals surface area (Å²) in [4.78, 5) is 15.4. The number of nitrogens with zero attached hydrogens (tertiary/aromatic N) is 2. The fraction of sp³-hybridized carbons (Fsp3) is 0.250. The lowest BCUT2D eigenvalue weighted by atomic mass is 9.74. The molecule has 1 N–H and O–H groups in total. The number of amides is 1. The maximum atomic E-state index is 13.4. The maximum Gasteiger partial charge on any atom is 0.257 e. The summed E-state index contributed by atoms with van der Waals surface area (Å²) in [5, 5.41) is 7.43. The van der Waals surface area contributed by atoms with Gasteiger partial charge in [0.15, 0.2) is 0 Å². The minimum absolute atomic E-state index is 0.0789. The van der Waals surface area contributed by atoms with Crippen molar-refractivity contribution in [2.24, 2.45) is 0 Å². The molecule has 1 aromatic heterocycles. The molecule has 0 bridgehead atoms. The molecule has 1 aliphatic carbocycles. The molecular formula is C24H23N3O. The van der Waals surface area contributed by atoms with Crippen molar-refractivity contribution in [3.8, 4) is 11.3 Å². The van der Waals surface area contributed by atoms with Gasteiger partial charge in [-0.1, -0.05) is 66.7 Å². The quantitative estimate of drug-likeness (QED) is 0.718. The number of fused-ring (bicyclic) bond motifs is 2. The van der Waals surface area contributed by atoms with E-state index in [1.165, 1.54) is 11.1 Å². The Bertz CT molecular complexity index is 1060. The number of aryl methyl sites for hydroxylation is 1. The minimum Gasteiger partial charge on any atom is -0.338 e. The number of carbonyl (C=O) groups is 1. The third-order valence-electron chi connectivity index (χ3n) is 6.23. The van der Waals surface area contributed by atoms with Crippen molar-refractivity contribution in [2.45, 2.75) is 25.2 Å². The molecule has 0 saturated carbocycles. The molecule has 1 saturated heterocycles. The van der Waals surface area contributed by atoms with Gasteiger partial charge in [-0.25, -0.2) is 0 Å². The Kier molecular flexibility index (Phi) is 3.93. The molecule has 2 aromatic carbocycles. The number of H-pyrrole nitrogens is 1. The molecule has 140 valence electrons. The number of aromatic amines is 1. The van der Waals surface area contributed by atoms with E-state index in [1.54, 1.807) is 0 Å². The van der Waals surface area contributed by atoms with E-state index in [0.717, 1.165) is 42.9 Å². The number of allylic oxidation sites excluding steroid dienone is 1. The summed E-state index contributed by atoms with van der Waals surface area (Å²) in [6, 6.07) is 18.5. The highest BCUT2D eigenvalue weighted by molar-refractivity contribution is 6.01. The SMILES string of the molecule is Cc1[nH]nc(-c2ccccc2)c1C(=O)N1CCC2(C=Cc3ccccc32)CC1. The van der Waals surface area contributed by atoms with Crippen LogP contribution in [0, 0.1) is 6.92 Å². The molecular weight excluding hydrogens is 346 g/mol. The summed E-state index contributed by atoms with van der Waals surface area (Å²) in [6.45, 7) is 3.45. The van der Waals surface area contributed by atoms with E-state index in [4.69, 9.17) is 0 Å². The van der Waals surface area contributed by atoms with E-state index in [0.29, 0.717) is 5.56 Å². The van der Waals surface area contributed by atoms with Crippen molar-refractivity contribution in [3.63, 3.8) is 0 Å². The van der Waals surface area contributed by atoms with Crippen molar-refractivity contribution in [2.75, 3.05) is 13.1 Å². The second kappa shape index (κ2) is 6.48. The molecule has 1 fully saturated rings. The molecule has 1 spiro atoms. The van der Waals surface area contributed by atoms with Crippen LogP contribution in [0.5, 0.6) is 0 Å². The van der Waals surface area contributed by atoms with Crippen LogP contribution < -0.4 is 0 Å². The summed E-state index contributed by atoms with van der Waals surface area (Å²) in [5.41, 5.74) is 6.05. The van der Waals surface area contributed by atoms with Gasteiger partial charge in [0.25, 0.3) is 5.91 Å². The summed E-state index contributed by atoms with van der Waals surface area (Å²) < 4.78 is 0. The molecule has 3 aromatic rings. The Morgan fingerprint density at radius 3 is 2.54 bits per heavy atom. The number of likely N-dealkylation sites (tertiary alicyclic amines) is 1. The first-order chi connectivity index (χ1) is 13.7. The normalized spacial score (nSPS) is 17.1. The number of rotatable bonds is 2. The first-order valence-corrected chi connectivity index (χ1v) is 9.86. The van der Waals surface area contributed by atoms with E-state index in [-0.39, 0.29) is 11.3 Å². The van der Waals surface area contributed by atoms with E-state index in [2.05, 4.69) is 46.6 Å². The monoisotopic (exact) mass is 369 g/mol. The average molecular weight is 369 g/mol. The molecule has 1 aliphatic heterocycles. The van der Waals surface area contributed by atoms with Gasteiger partial charge in [0.2, 0.25) is 0 Å². The predicted molar refractivity (Wildman–Crippen MR) is 111 cm³/mol. The Morgan fingerprint density at radius 2 is 1.75 bits per heavy atom. The van der Waals surface area contributed by atoms with Gasteiger partial charge < -0.3 is 4.90 Å². The van der Waals surface area contributed by atoms with Crippen LogP contribution in [-0.4, -0.2) is 34.1 Å². The van der Waals surface area contributed by atoms with Gasteiger partial charge in [-0.15, -0.1) is 0 Å². The Labute approximate surface area is 164 Å². The van der Waals surface area contributed by atoms with Crippen molar-refractivity contribution in [1.82, 2.24) is 15.1 Å². The van der Waals surface area contributed by atoms with Gasteiger partial charge in [-0.3, -0.25) is 9.89 Å². The van der Waals surface area contributed by atoms with Crippen LogP contribution in [0.3, 0.4) is 0 Å². The zero-order valence-electron chi connectivity index (χ0n) is 16.0. The number of carbonyl (C=O) groups excluding carboxylic acids is 1. The molecule has 0 atom stereocenters. The molecule has 2 heterocycles. The number of hydrogen-bond acceptors (Lipinski definition) is 2. The highest BCUT2D eigenvalue weighted by Crippen LogP contribution is 2.44. The van der Waals surface area contributed by atoms with Gasteiger partial charge in [-0.05, 0) is 30.9 Å². The summed E-state index contributed by atoms with van der Waals surface area (Å²) in [7, 11) is 0. The van der Waals surface area contributed by atoms with Crippen LogP contribution in [0.2, 0.25) is 0 Å². The Morgan fingerprint density at radius 1 is 1.04 bits per heavy atom. The minimum atomic E-state index is 0.0789. The molecule has 4 nitrogen and oxygen atoms in total. The lowest BCUT2D eigenvalue weighted by Gasteiger charge is -2.39. The molecule has 5 rings (SSSR count). The molecule has 28 heavy (non-hydrogen) atoms. The predicted octanol–water partition coefficient (Wildman–Crippen LogP) is 4.59. The third kappa shape index (κ3) is 2.60. The topological polar surface area (TPSA) is 49.0 Å². The van der Waals surface area contributed by atoms with Gasteiger partial charge in [0.05, 0.1) is 5.56 Å². The maximum absolute atomic E-state index is 13.4. The van der Waals surface area contributed by atoms with Gasteiger partial charge in [-0.2, -0.15) is 5.10 Å². The second-order valence-electron chi connectivity index (χ2n) is 7.81. The molecule has 0 unspecified atom stereocenters. The first kappa shape index (κ1) is 17.0. The number of piperidine rings is 1. The van der Waals surface area contributed by atoms with Crippen LogP contribution in [0.15, 0.2) is 60.7 Å². The van der Waals surface area contributed by atoms with Crippen LogP contribution >= 0.6 is 0 Å². The third-order valence-corrected chi connectivity index (χ3v) is 6.23.